The van der Waals surface area contributed by atoms with E-state index < -0.39 is 83.8 Å². The van der Waals surface area contributed by atoms with Crippen molar-refractivity contribution >= 4 is 35.7 Å². The van der Waals surface area contributed by atoms with E-state index in [9.17, 15) is 19.2 Å². The van der Waals surface area contributed by atoms with Gasteiger partial charge in [-0.1, -0.05) is 74.5 Å². The summed E-state index contributed by atoms with van der Waals surface area (Å²) in [4.78, 5) is 86.9. The topological polar surface area (TPSA) is 164 Å². The second kappa shape index (κ2) is 23.0. The Labute approximate surface area is 387 Å². The van der Waals surface area contributed by atoms with Crippen LogP contribution in [0.2, 0.25) is 0 Å². The van der Waals surface area contributed by atoms with Crippen LogP contribution in [0.4, 0.5) is 0 Å². The maximum absolute atomic E-state index is 15.1. The van der Waals surface area contributed by atoms with Gasteiger partial charge in [-0.3, -0.25) is 28.8 Å². The van der Waals surface area contributed by atoms with Crippen molar-refractivity contribution in [3.63, 3.8) is 0 Å². The van der Waals surface area contributed by atoms with E-state index in [1.54, 1.807) is 75.6 Å². The summed E-state index contributed by atoms with van der Waals surface area (Å²) in [5.74, 6) is -7.87. The van der Waals surface area contributed by atoms with Gasteiger partial charge in [-0.05, 0) is 114 Å². The number of benzene rings is 4. The first-order chi connectivity index (χ1) is 31.4. The van der Waals surface area contributed by atoms with Gasteiger partial charge < -0.3 is 38.2 Å². The molecule has 1 aliphatic rings. The number of amides is 2. The van der Waals surface area contributed by atoms with Gasteiger partial charge in [-0.2, -0.15) is 0 Å². The van der Waals surface area contributed by atoms with E-state index >= 15 is 9.59 Å². The van der Waals surface area contributed by atoms with E-state index in [4.69, 9.17) is 28.4 Å². The van der Waals surface area contributed by atoms with E-state index in [2.05, 4.69) is 0 Å². The van der Waals surface area contributed by atoms with Crippen molar-refractivity contribution in [2.45, 2.75) is 81.3 Å². The molecule has 0 N–H and O–H groups in total. The molecule has 0 radical (unpaired) electrons. The number of rotatable bonds is 20. The first-order valence-corrected chi connectivity index (χ1v) is 22.3. The molecule has 5 rings (SSSR count). The van der Waals surface area contributed by atoms with Gasteiger partial charge in [0.1, 0.15) is 23.0 Å². The Morgan fingerprint density at radius 1 is 0.439 bits per heavy atom. The SMILES string of the molecule is CCCN(Cc1ccc(Oc2ccccc2)cc1)C(=O)C1C(C(=O)OCOC(=O)C(C)(C)C)C(C(=O)OCOC(=O)C(C)(C)C)C1C(=O)N(CCC)Cc1ccc(Oc2ccccc2)cc1. The molecule has 66 heavy (non-hydrogen) atoms. The predicted octanol–water partition coefficient (Wildman–Crippen LogP) is 9.11. The number of carbonyl (C=O) groups is 6. The van der Waals surface area contributed by atoms with Crippen LogP contribution >= 0.6 is 0 Å². The van der Waals surface area contributed by atoms with Crippen molar-refractivity contribution in [1.82, 2.24) is 9.80 Å². The zero-order valence-electron chi connectivity index (χ0n) is 39.2. The minimum absolute atomic E-state index is 0.106. The summed E-state index contributed by atoms with van der Waals surface area (Å²) in [5.41, 5.74) is -0.339. The lowest BCUT2D eigenvalue weighted by atomic mass is 9.55. The average molecular weight is 907 g/mol. The molecule has 0 heterocycles. The number of esters is 4. The van der Waals surface area contributed by atoms with Gasteiger partial charge in [0.15, 0.2) is 0 Å². The average Bonchev–Trinajstić information content (AvgIpc) is 3.27. The van der Waals surface area contributed by atoms with Crippen LogP contribution in [0.25, 0.3) is 0 Å². The third kappa shape index (κ3) is 13.7. The van der Waals surface area contributed by atoms with Gasteiger partial charge in [-0.25, -0.2) is 0 Å². The van der Waals surface area contributed by atoms with Crippen LogP contribution in [-0.2, 0) is 60.8 Å². The summed E-state index contributed by atoms with van der Waals surface area (Å²) >= 11 is 0. The molecule has 4 aromatic rings. The minimum atomic E-state index is -1.54. The maximum Gasteiger partial charge on any atom is 0.314 e. The molecule has 0 saturated heterocycles. The highest BCUT2D eigenvalue weighted by Crippen LogP contribution is 2.50. The number of carbonyl (C=O) groups excluding carboxylic acids is 6. The number of hydrogen-bond donors (Lipinski definition) is 0. The lowest BCUT2D eigenvalue weighted by molar-refractivity contribution is -0.203. The van der Waals surface area contributed by atoms with E-state index in [1.807, 2.05) is 98.8 Å². The largest absolute Gasteiger partial charge is 0.457 e. The van der Waals surface area contributed by atoms with Crippen molar-refractivity contribution in [3.8, 4) is 23.0 Å². The highest BCUT2D eigenvalue weighted by atomic mass is 16.7. The van der Waals surface area contributed by atoms with Crippen molar-refractivity contribution < 1.29 is 57.2 Å². The van der Waals surface area contributed by atoms with Gasteiger partial charge in [0.2, 0.25) is 25.4 Å². The van der Waals surface area contributed by atoms with Crippen LogP contribution in [0.1, 0.15) is 79.4 Å². The van der Waals surface area contributed by atoms with Gasteiger partial charge in [-0.15, -0.1) is 0 Å². The Morgan fingerprint density at radius 3 is 1.06 bits per heavy atom. The Morgan fingerprint density at radius 2 is 0.758 bits per heavy atom. The Bertz CT molecular complexity index is 2090. The fourth-order valence-corrected chi connectivity index (χ4v) is 7.37. The van der Waals surface area contributed by atoms with Crippen LogP contribution in [0, 0.1) is 34.5 Å². The molecule has 0 bridgehead atoms. The van der Waals surface area contributed by atoms with Crippen molar-refractivity contribution in [2.24, 2.45) is 34.5 Å². The zero-order valence-corrected chi connectivity index (χ0v) is 39.2. The summed E-state index contributed by atoms with van der Waals surface area (Å²) in [6.07, 6.45) is 1.06. The summed E-state index contributed by atoms with van der Waals surface area (Å²) in [6, 6.07) is 33.0. The van der Waals surface area contributed by atoms with Gasteiger partial charge >= 0.3 is 23.9 Å². The molecule has 14 heteroatoms. The summed E-state index contributed by atoms with van der Waals surface area (Å²) in [5, 5.41) is 0. The summed E-state index contributed by atoms with van der Waals surface area (Å²) in [6.45, 7) is 12.7. The molecule has 1 aliphatic carbocycles. The Hall–Kier alpha value is -6.70. The third-order valence-corrected chi connectivity index (χ3v) is 10.8. The molecule has 4 unspecified atom stereocenters. The third-order valence-electron chi connectivity index (χ3n) is 10.8. The molecule has 352 valence electrons. The second-order valence-corrected chi connectivity index (χ2v) is 18.3. The highest BCUT2D eigenvalue weighted by molar-refractivity contribution is 6.00. The lowest BCUT2D eigenvalue weighted by Gasteiger charge is -2.49. The van der Waals surface area contributed by atoms with Gasteiger partial charge in [0, 0.05) is 26.2 Å². The molecule has 4 atom stereocenters. The van der Waals surface area contributed by atoms with E-state index in [1.165, 1.54) is 0 Å². The molecular weight excluding hydrogens is 845 g/mol. The highest BCUT2D eigenvalue weighted by Gasteiger charge is 2.65. The first-order valence-electron chi connectivity index (χ1n) is 22.3. The normalized spacial score (nSPS) is 16.7. The number of nitrogens with zero attached hydrogens (tertiary/aromatic N) is 2. The summed E-state index contributed by atoms with van der Waals surface area (Å²) < 4.78 is 33.3. The fraction of sp³-hybridized carbons (Fsp3) is 0.423. The van der Waals surface area contributed by atoms with E-state index in [0.717, 1.165) is 11.1 Å². The monoisotopic (exact) mass is 906 g/mol. The lowest BCUT2D eigenvalue weighted by Crippen LogP contribution is -2.64. The van der Waals surface area contributed by atoms with Crippen LogP contribution in [0.15, 0.2) is 109 Å². The van der Waals surface area contributed by atoms with Crippen LogP contribution < -0.4 is 9.47 Å². The standard InChI is InChI=1S/C52H62N2O12/c1-9-29-53(31-35-21-25-39(26-22-35)65-37-17-13-11-14-18-37)45(55)41-42(46(56)54(30-10-2)32-36-23-27-40(28-24-36)66-38-19-15-12-16-20-38)44(48(58)62-34-64-50(60)52(6,7)8)43(41)47(57)61-33-63-49(59)51(3,4)5/h11-28,41-44H,9-10,29-34H2,1-8H3. The minimum Gasteiger partial charge on any atom is -0.457 e. The van der Waals surface area contributed by atoms with Crippen molar-refractivity contribution in [2.75, 3.05) is 26.7 Å². The van der Waals surface area contributed by atoms with E-state index in [0.29, 0.717) is 35.8 Å². The molecule has 1 fully saturated rings. The molecule has 4 aromatic carbocycles. The zero-order chi connectivity index (χ0) is 48.0. The van der Waals surface area contributed by atoms with Gasteiger partial charge in [0.25, 0.3) is 0 Å². The van der Waals surface area contributed by atoms with Crippen molar-refractivity contribution in [3.05, 3.63) is 120 Å². The van der Waals surface area contributed by atoms with Crippen LogP contribution in [0.3, 0.4) is 0 Å². The van der Waals surface area contributed by atoms with Gasteiger partial charge in [0.05, 0.1) is 34.5 Å². The molecule has 2 amide bonds. The van der Waals surface area contributed by atoms with Crippen molar-refractivity contribution in [1.29, 1.82) is 0 Å². The first kappa shape index (κ1) is 50.3. The molecular formula is C52H62N2O12. The Kier molecular flexibility index (Phi) is 17.5. The molecule has 14 nitrogen and oxygen atoms in total. The number of ether oxygens (including phenoxy) is 6. The van der Waals surface area contributed by atoms with E-state index in [-0.39, 0.29) is 26.2 Å². The van der Waals surface area contributed by atoms with Crippen LogP contribution in [-0.4, -0.2) is 72.2 Å². The molecule has 0 aromatic heterocycles. The Balaban J connectivity index is 1.48. The molecule has 0 aliphatic heterocycles. The predicted molar refractivity (Wildman–Crippen MR) is 244 cm³/mol. The smallest absolute Gasteiger partial charge is 0.314 e. The fourth-order valence-electron chi connectivity index (χ4n) is 7.37. The number of para-hydroxylation sites is 2. The molecule has 1 saturated carbocycles. The second-order valence-electron chi connectivity index (χ2n) is 18.3. The number of hydrogen-bond acceptors (Lipinski definition) is 12. The van der Waals surface area contributed by atoms with Crippen LogP contribution in [0.5, 0.6) is 23.0 Å². The summed E-state index contributed by atoms with van der Waals surface area (Å²) in [7, 11) is 0. The maximum atomic E-state index is 15.1. The molecule has 0 spiro atoms. The quantitative estimate of drug-likeness (QED) is 0.0611.